The van der Waals surface area contributed by atoms with E-state index in [-0.39, 0.29) is 5.91 Å². The van der Waals surface area contributed by atoms with E-state index in [2.05, 4.69) is 65.3 Å². The summed E-state index contributed by atoms with van der Waals surface area (Å²) in [4.78, 5) is 12.9. The van der Waals surface area contributed by atoms with E-state index in [1.165, 1.54) is 54.6 Å². The monoisotopic (exact) mass is 412 g/mol. The number of carbonyl (C=O) groups is 1. The number of hydrogen-bond donors (Lipinski definition) is 1. The molecule has 3 aromatic rings. The van der Waals surface area contributed by atoms with Crippen molar-refractivity contribution in [2.24, 2.45) is 5.92 Å². The summed E-state index contributed by atoms with van der Waals surface area (Å²) in [6.45, 7) is 2.26. The average molecular weight is 413 g/mol. The second kappa shape index (κ2) is 8.74. The first kappa shape index (κ1) is 20.1. The zero-order valence-corrected chi connectivity index (χ0v) is 18.4. The number of carbonyl (C=O) groups excluding carboxylic acids is 1. The first-order chi connectivity index (χ1) is 15.2. The lowest BCUT2D eigenvalue weighted by Gasteiger charge is -2.29. The van der Waals surface area contributed by atoms with Crippen molar-refractivity contribution in [3.8, 4) is 16.9 Å². The third kappa shape index (κ3) is 4.06. The van der Waals surface area contributed by atoms with Crippen LogP contribution in [0, 0.1) is 5.92 Å². The topological polar surface area (TPSA) is 34.0 Å². The van der Waals surface area contributed by atoms with Crippen molar-refractivity contribution < 1.29 is 4.79 Å². The van der Waals surface area contributed by atoms with Crippen LogP contribution in [0.1, 0.15) is 67.1 Å². The molecule has 0 aliphatic heterocycles. The Labute approximate surface area is 185 Å². The van der Waals surface area contributed by atoms with Crippen molar-refractivity contribution in [2.75, 3.05) is 0 Å². The first-order valence-electron chi connectivity index (χ1n) is 11.9. The van der Waals surface area contributed by atoms with Gasteiger partial charge in [0.2, 0.25) is 0 Å². The van der Waals surface area contributed by atoms with E-state index < -0.39 is 0 Å². The van der Waals surface area contributed by atoms with Gasteiger partial charge in [0.25, 0.3) is 5.91 Å². The van der Waals surface area contributed by atoms with Crippen LogP contribution in [0.15, 0.2) is 60.7 Å². The highest BCUT2D eigenvalue weighted by molar-refractivity contribution is 5.94. The highest BCUT2D eigenvalue weighted by Gasteiger charge is 2.24. The molecule has 0 saturated heterocycles. The molecule has 1 N–H and O–H groups in total. The van der Waals surface area contributed by atoms with Crippen LogP contribution in [-0.2, 0) is 12.8 Å². The molecule has 0 radical (unpaired) electrons. The maximum absolute atomic E-state index is 12.9. The van der Waals surface area contributed by atoms with E-state index in [9.17, 15) is 4.79 Å². The van der Waals surface area contributed by atoms with Crippen LogP contribution in [0.5, 0.6) is 0 Å². The van der Waals surface area contributed by atoms with Gasteiger partial charge in [0.15, 0.2) is 0 Å². The number of rotatable bonds is 4. The summed E-state index contributed by atoms with van der Waals surface area (Å²) in [7, 11) is 0. The molecule has 31 heavy (non-hydrogen) atoms. The molecule has 0 spiro atoms. The van der Waals surface area contributed by atoms with Gasteiger partial charge in [-0.3, -0.25) is 4.79 Å². The van der Waals surface area contributed by atoms with Crippen molar-refractivity contribution in [2.45, 2.75) is 64.3 Å². The number of nitrogens with zero attached hydrogens (tertiary/aromatic N) is 1. The normalized spacial score (nSPS) is 20.8. The molecule has 0 unspecified atom stereocenters. The Morgan fingerprint density at radius 3 is 2.42 bits per heavy atom. The molecule has 1 saturated carbocycles. The maximum atomic E-state index is 12.9. The number of aromatic nitrogens is 1. The molecule has 0 bridgehead atoms. The average Bonchev–Trinajstić information content (AvgIpc) is 3.21. The van der Waals surface area contributed by atoms with Crippen LogP contribution in [0.25, 0.3) is 16.9 Å². The van der Waals surface area contributed by atoms with E-state index in [1.54, 1.807) is 0 Å². The quantitative estimate of drug-likeness (QED) is 0.534. The minimum Gasteiger partial charge on any atom is -0.349 e. The van der Waals surface area contributed by atoms with Gasteiger partial charge in [-0.15, -0.1) is 0 Å². The fourth-order valence-electron chi connectivity index (χ4n) is 5.36. The number of hydrogen-bond acceptors (Lipinski definition) is 1. The fourth-order valence-corrected chi connectivity index (χ4v) is 5.36. The zero-order chi connectivity index (χ0) is 21.2. The third-order valence-electron chi connectivity index (χ3n) is 7.19. The van der Waals surface area contributed by atoms with Crippen molar-refractivity contribution >= 4 is 5.91 Å². The summed E-state index contributed by atoms with van der Waals surface area (Å²) in [5, 5.41) is 3.28. The van der Waals surface area contributed by atoms with E-state index in [0.29, 0.717) is 12.0 Å². The van der Waals surface area contributed by atoms with Gasteiger partial charge in [-0.2, -0.15) is 0 Å². The Bertz CT molecular complexity index is 1050. The summed E-state index contributed by atoms with van der Waals surface area (Å²) in [6.07, 6.45) is 9.59. The molecule has 1 amide bonds. The molecule has 1 aromatic heterocycles. The van der Waals surface area contributed by atoms with Crippen LogP contribution in [0.3, 0.4) is 0 Å². The minimum absolute atomic E-state index is 0.0584. The standard InChI is InChI=1S/C28H32N2O/c1-20-9-5-7-13-25(20)29-28(31)22-15-17-24(18-16-22)30-26-14-8-6-12-23(26)19-27(30)21-10-3-2-4-11-21/h2-4,10-11,15-20,25H,5-9,12-14H2,1H3,(H,29,31)/t20-,25+/m0/s1. The van der Waals surface area contributed by atoms with Gasteiger partial charge in [-0.25, -0.2) is 0 Å². The van der Waals surface area contributed by atoms with Gasteiger partial charge >= 0.3 is 0 Å². The predicted octanol–water partition coefficient (Wildman–Crippen LogP) is 6.33. The third-order valence-corrected chi connectivity index (χ3v) is 7.19. The molecule has 2 atom stereocenters. The molecule has 1 heterocycles. The van der Waals surface area contributed by atoms with Crippen molar-refractivity contribution in [1.29, 1.82) is 0 Å². The molecular formula is C28H32N2O. The highest BCUT2D eigenvalue weighted by Crippen LogP contribution is 2.34. The van der Waals surface area contributed by atoms with Gasteiger partial charge in [-0.1, -0.05) is 50.1 Å². The minimum atomic E-state index is 0.0584. The number of aryl methyl sites for hydroxylation is 1. The summed E-state index contributed by atoms with van der Waals surface area (Å²) in [5.41, 5.74) is 7.29. The SMILES string of the molecule is C[C@H]1CCCC[C@H]1NC(=O)c1ccc(-n2c(-c3ccccc3)cc3c2CCCC3)cc1. The summed E-state index contributed by atoms with van der Waals surface area (Å²) in [6, 6.07) is 21.5. The highest BCUT2D eigenvalue weighted by atomic mass is 16.1. The van der Waals surface area contributed by atoms with Crippen LogP contribution in [0.2, 0.25) is 0 Å². The number of fused-ring (bicyclic) bond motifs is 1. The predicted molar refractivity (Wildman–Crippen MR) is 127 cm³/mol. The largest absolute Gasteiger partial charge is 0.349 e. The van der Waals surface area contributed by atoms with Crippen molar-refractivity contribution in [1.82, 2.24) is 9.88 Å². The van der Waals surface area contributed by atoms with E-state index in [0.717, 1.165) is 30.5 Å². The number of nitrogens with one attached hydrogen (secondary N) is 1. The first-order valence-corrected chi connectivity index (χ1v) is 11.9. The van der Waals surface area contributed by atoms with Crippen LogP contribution in [-0.4, -0.2) is 16.5 Å². The molecule has 2 aromatic carbocycles. The van der Waals surface area contributed by atoms with Gasteiger partial charge in [0.05, 0.1) is 5.69 Å². The van der Waals surface area contributed by atoms with E-state index in [4.69, 9.17) is 0 Å². The second-order valence-electron chi connectivity index (χ2n) is 9.30. The fraction of sp³-hybridized carbons (Fsp3) is 0.393. The molecular weight excluding hydrogens is 380 g/mol. The Kier molecular flexibility index (Phi) is 5.67. The molecule has 5 rings (SSSR count). The molecule has 2 aliphatic rings. The lowest BCUT2D eigenvalue weighted by Crippen LogP contribution is -2.41. The van der Waals surface area contributed by atoms with Crippen LogP contribution < -0.4 is 5.32 Å². The Hall–Kier alpha value is -2.81. The molecule has 2 aliphatic carbocycles. The molecule has 160 valence electrons. The van der Waals surface area contributed by atoms with Gasteiger partial charge in [-0.05, 0) is 85.9 Å². The lowest BCUT2D eigenvalue weighted by atomic mass is 9.86. The van der Waals surface area contributed by atoms with Crippen LogP contribution in [0.4, 0.5) is 0 Å². The second-order valence-corrected chi connectivity index (χ2v) is 9.30. The lowest BCUT2D eigenvalue weighted by molar-refractivity contribution is 0.0910. The summed E-state index contributed by atoms with van der Waals surface area (Å²) in [5.74, 6) is 0.625. The Balaban J connectivity index is 1.44. The number of amides is 1. The molecule has 3 heteroatoms. The van der Waals surface area contributed by atoms with Gasteiger partial charge in [0, 0.05) is 23.0 Å². The summed E-state index contributed by atoms with van der Waals surface area (Å²) >= 11 is 0. The Morgan fingerprint density at radius 1 is 0.903 bits per heavy atom. The van der Waals surface area contributed by atoms with Gasteiger partial charge in [0.1, 0.15) is 0 Å². The van der Waals surface area contributed by atoms with E-state index in [1.807, 2.05) is 12.1 Å². The smallest absolute Gasteiger partial charge is 0.251 e. The number of benzene rings is 2. The van der Waals surface area contributed by atoms with Gasteiger partial charge < -0.3 is 9.88 Å². The van der Waals surface area contributed by atoms with Crippen molar-refractivity contribution in [3.63, 3.8) is 0 Å². The molecule has 3 nitrogen and oxygen atoms in total. The summed E-state index contributed by atoms with van der Waals surface area (Å²) < 4.78 is 2.41. The Morgan fingerprint density at radius 2 is 1.65 bits per heavy atom. The van der Waals surface area contributed by atoms with Crippen LogP contribution >= 0.6 is 0 Å². The zero-order valence-electron chi connectivity index (χ0n) is 18.4. The van der Waals surface area contributed by atoms with E-state index >= 15 is 0 Å². The maximum Gasteiger partial charge on any atom is 0.251 e. The molecule has 1 fully saturated rings. The van der Waals surface area contributed by atoms with Crippen molar-refractivity contribution in [3.05, 3.63) is 77.5 Å².